The largest absolute Gasteiger partial charge is 0.439 e. The first-order chi connectivity index (χ1) is 10.2. The van der Waals surface area contributed by atoms with Gasteiger partial charge >= 0.3 is 0 Å². The fourth-order valence-corrected chi connectivity index (χ4v) is 2.74. The molecule has 6 heteroatoms. The van der Waals surface area contributed by atoms with Gasteiger partial charge in [0.15, 0.2) is 6.29 Å². The summed E-state index contributed by atoms with van der Waals surface area (Å²) in [5.41, 5.74) is -0.202. The number of carbonyl (C=O) groups is 2. The van der Waals surface area contributed by atoms with Gasteiger partial charge in [0.2, 0.25) is 17.2 Å². The van der Waals surface area contributed by atoms with Crippen molar-refractivity contribution in [3.05, 3.63) is 40.1 Å². The number of nitrogens with zero attached hydrogens (tertiary/aromatic N) is 1. The van der Waals surface area contributed by atoms with Crippen molar-refractivity contribution in [2.75, 3.05) is 17.3 Å². The number of hydrogen-bond donors (Lipinski definition) is 0. The van der Waals surface area contributed by atoms with Gasteiger partial charge < -0.3 is 4.42 Å². The Labute approximate surface area is 125 Å². The number of hydrogen-bond acceptors (Lipinski definition) is 4. The third kappa shape index (κ3) is 2.23. The van der Waals surface area contributed by atoms with Crippen LogP contribution in [-0.2, 0) is 4.79 Å². The Hall–Kier alpha value is -2.14. The van der Waals surface area contributed by atoms with Crippen molar-refractivity contribution in [3.63, 3.8) is 0 Å². The summed E-state index contributed by atoms with van der Waals surface area (Å²) in [5, 5.41) is 0.323. The van der Waals surface area contributed by atoms with Crippen LogP contribution in [-0.4, -0.2) is 24.6 Å². The van der Waals surface area contributed by atoms with Crippen LogP contribution >= 0.6 is 11.6 Å². The molecule has 21 heavy (non-hydrogen) atoms. The molecule has 1 aliphatic rings. The molecule has 1 aromatic heterocycles. The molecule has 0 N–H and O–H groups in total. The van der Waals surface area contributed by atoms with Gasteiger partial charge in [-0.15, -0.1) is 11.6 Å². The fraction of sp³-hybridized carbons (Fsp3) is 0.267. The number of fused-ring (bicyclic) bond motifs is 1. The zero-order valence-corrected chi connectivity index (χ0v) is 11.8. The van der Waals surface area contributed by atoms with Gasteiger partial charge in [0, 0.05) is 18.8 Å². The summed E-state index contributed by atoms with van der Waals surface area (Å²) >= 11 is 5.79. The SMILES string of the molecule is O=Cc1c(N2CC(CCl)CC2=O)oc2ccccc2c1=O. The van der Waals surface area contributed by atoms with Gasteiger partial charge in [-0.25, -0.2) is 0 Å². The molecule has 3 rings (SSSR count). The summed E-state index contributed by atoms with van der Waals surface area (Å²) in [5.74, 6) is 0.167. The summed E-state index contributed by atoms with van der Waals surface area (Å²) in [6.07, 6.45) is 0.729. The van der Waals surface area contributed by atoms with Crippen LogP contribution in [0.4, 0.5) is 5.88 Å². The second-order valence-corrected chi connectivity index (χ2v) is 5.30. The monoisotopic (exact) mass is 305 g/mol. The van der Waals surface area contributed by atoms with Crippen LogP contribution in [0.25, 0.3) is 11.0 Å². The first-order valence-electron chi connectivity index (χ1n) is 6.53. The number of benzene rings is 1. The first-order valence-corrected chi connectivity index (χ1v) is 7.06. The summed E-state index contributed by atoms with van der Waals surface area (Å²) in [6, 6.07) is 6.64. The third-order valence-corrected chi connectivity index (χ3v) is 4.04. The second-order valence-electron chi connectivity index (χ2n) is 4.99. The van der Waals surface area contributed by atoms with E-state index in [1.165, 1.54) is 4.90 Å². The highest BCUT2D eigenvalue weighted by Crippen LogP contribution is 2.29. The maximum absolute atomic E-state index is 12.3. The number of rotatable bonds is 3. The molecule has 1 atom stereocenters. The van der Waals surface area contributed by atoms with Crippen LogP contribution in [0, 0.1) is 5.92 Å². The topological polar surface area (TPSA) is 67.6 Å². The summed E-state index contributed by atoms with van der Waals surface area (Å²) in [4.78, 5) is 37.0. The Morgan fingerprint density at radius 1 is 1.33 bits per heavy atom. The van der Waals surface area contributed by atoms with Crippen molar-refractivity contribution in [2.45, 2.75) is 6.42 Å². The number of carbonyl (C=O) groups excluding carboxylic acids is 2. The van der Waals surface area contributed by atoms with Gasteiger partial charge in [-0.1, -0.05) is 12.1 Å². The number of para-hydroxylation sites is 1. The van der Waals surface area contributed by atoms with E-state index < -0.39 is 5.43 Å². The highest BCUT2D eigenvalue weighted by molar-refractivity contribution is 6.18. The van der Waals surface area contributed by atoms with Crippen molar-refractivity contribution < 1.29 is 14.0 Å². The first kappa shape index (κ1) is 13.8. The number of alkyl halides is 1. The third-order valence-electron chi connectivity index (χ3n) is 3.60. The molecular weight excluding hydrogens is 294 g/mol. The molecule has 1 fully saturated rings. The second kappa shape index (κ2) is 5.33. The molecule has 0 spiro atoms. The minimum absolute atomic E-state index is 0.00422. The van der Waals surface area contributed by atoms with E-state index in [1.807, 2.05) is 0 Å². The van der Waals surface area contributed by atoms with E-state index in [1.54, 1.807) is 24.3 Å². The van der Waals surface area contributed by atoms with Crippen LogP contribution in [0.3, 0.4) is 0 Å². The highest BCUT2D eigenvalue weighted by atomic mass is 35.5. The van der Waals surface area contributed by atoms with Crippen LogP contribution in [0.1, 0.15) is 16.8 Å². The zero-order chi connectivity index (χ0) is 15.0. The lowest BCUT2D eigenvalue weighted by Gasteiger charge is -2.16. The molecule has 0 saturated carbocycles. The van der Waals surface area contributed by atoms with Crippen molar-refractivity contribution in [2.24, 2.45) is 5.92 Å². The number of halogens is 1. The molecule has 108 valence electrons. The molecule has 0 bridgehead atoms. The van der Waals surface area contributed by atoms with Gasteiger partial charge in [0.25, 0.3) is 0 Å². The Morgan fingerprint density at radius 2 is 2.10 bits per heavy atom. The average molecular weight is 306 g/mol. The summed E-state index contributed by atoms with van der Waals surface area (Å²) < 4.78 is 5.64. The predicted molar refractivity (Wildman–Crippen MR) is 79.1 cm³/mol. The van der Waals surface area contributed by atoms with E-state index >= 15 is 0 Å². The van der Waals surface area contributed by atoms with Crippen LogP contribution < -0.4 is 10.3 Å². The molecule has 5 nitrogen and oxygen atoms in total. The maximum atomic E-state index is 12.3. The van der Waals surface area contributed by atoms with Crippen molar-refractivity contribution in [1.29, 1.82) is 0 Å². The van der Waals surface area contributed by atoms with Gasteiger partial charge in [0.05, 0.1) is 5.39 Å². The van der Waals surface area contributed by atoms with Gasteiger partial charge in [-0.3, -0.25) is 19.3 Å². The predicted octanol–water partition coefficient (Wildman–Crippen LogP) is 2.20. The molecule has 2 aromatic rings. The van der Waals surface area contributed by atoms with Gasteiger partial charge in [-0.05, 0) is 18.1 Å². The summed E-state index contributed by atoms with van der Waals surface area (Å²) in [6.45, 7) is 0.352. The van der Waals surface area contributed by atoms with E-state index in [0.29, 0.717) is 36.1 Å². The van der Waals surface area contributed by atoms with E-state index in [-0.39, 0.29) is 23.3 Å². The Kier molecular flexibility index (Phi) is 3.51. The molecule has 0 aliphatic carbocycles. The van der Waals surface area contributed by atoms with Crippen LogP contribution in [0.15, 0.2) is 33.5 Å². The molecule has 1 aromatic carbocycles. The normalized spacial score (nSPS) is 18.4. The van der Waals surface area contributed by atoms with E-state index in [0.717, 1.165) is 0 Å². The van der Waals surface area contributed by atoms with Crippen LogP contribution in [0.2, 0.25) is 0 Å². The molecule has 1 saturated heterocycles. The smallest absolute Gasteiger partial charge is 0.229 e. The minimum atomic E-state index is -0.427. The zero-order valence-electron chi connectivity index (χ0n) is 11.0. The number of amides is 1. The van der Waals surface area contributed by atoms with Gasteiger partial charge in [-0.2, -0.15) is 0 Å². The molecule has 1 unspecified atom stereocenters. The minimum Gasteiger partial charge on any atom is -0.439 e. The number of anilines is 1. The van der Waals surface area contributed by atoms with E-state index in [4.69, 9.17) is 16.0 Å². The van der Waals surface area contributed by atoms with Crippen molar-refractivity contribution in [1.82, 2.24) is 0 Å². The Bertz CT molecular complexity index is 783. The lowest BCUT2D eigenvalue weighted by molar-refractivity contribution is -0.117. The lowest BCUT2D eigenvalue weighted by atomic mass is 10.1. The Morgan fingerprint density at radius 3 is 2.76 bits per heavy atom. The van der Waals surface area contributed by atoms with Gasteiger partial charge in [0.1, 0.15) is 11.1 Å². The molecule has 0 radical (unpaired) electrons. The molecule has 2 heterocycles. The highest BCUT2D eigenvalue weighted by Gasteiger charge is 2.33. The average Bonchev–Trinajstić information content (AvgIpc) is 2.88. The fourth-order valence-electron chi connectivity index (χ4n) is 2.53. The lowest BCUT2D eigenvalue weighted by Crippen LogP contribution is -2.28. The standard InChI is InChI=1S/C15H12ClNO4/c16-6-9-5-13(19)17(7-9)15-11(8-18)14(20)10-3-1-2-4-12(10)21-15/h1-4,8-9H,5-7H2. The van der Waals surface area contributed by atoms with Crippen molar-refractivity contribution in [3.8, 4) is 0 Å². The van der Waals surface area contributed by atoms with Crippen molar-refractivity contribution >= 4 is 40.6 Å². The molecular formula is C15H12ClNO4. The van der Waals surface area contributed by atoms with E-state index in [9.17, 15) is 14.4 Å². The summed E-state index contributed by atoms with van der Waals surface area (Å²) in [7, 11) is 0. The van der Waals surface area contributed by atoms with E-state index in [2.05, 4.69) is 0 Å². The Balaban J connectivity index is 2.20. The molecule has 1 amide bonds. The quantitative estimate of drug-likeness (QED) is 0.644. The maximum Gasteiger partial charge on any atom is 0.229 e. The van der Waals surface area contributed by atoms with Crippen LogP contribution in [0.5, 0.6) is 0 Å². The number of aldehydes is 1. The molecule has 1 aliphatic heterocycles.